The summed E-state index contributed by atoms with van der Waals surface area (Å²) in [5, 5.41) is 13.0. The molecule has 0 aromatic carbocycles. The number of hydrogen-bond donors (Lipinski definition) is 2. The fourth-order valence-electron chi connectivity index (χ4n) is 2.46. The van der Waals surface area contributed by atoms with Gasteiger partial charge in [-0.3, -0.25) is 0 Å². The molecule has 0 amide bonds. The summed E-state index contributed by atoms with van der Waals surface area (Å²) in [6, 6.07) is 1.94. The maximum atomic E-state index is 9.58. The third kappa shape index (κ3) is 4.06. The fraction of sp³-hybridized carbons (Fsp3) is 0.692. The van der Waals surface area contributed by atoms with Gasteiger partial charge in [0.15, 0.2) is 0 Å². The predicted molar refractivity (Wildman–Crippen MR) is 66.4 cm³/mol. The number of hydrogen-bond acceptors (Lipinski definition) is 4. The second-order valence-corrected chi connectivity index (χ2v) is 4.91. The molecular formula is C13H21N3O. The van der Waals surface area contributed by atoms with E-state index in [1.54, 1.807) is 6.20 Å². The molecule has 0 aliphatic heterocycles. The van der Waals surface area contributed by atoms with Crippen LogP contribution in [0.4, 0.5) is 0 Å². The first-order valence-corrected chi connectivity index (χ1v) is 6.41. The van der Waals surface area contributed by atoms with Crippen molar-refractivity contribution in [2.45, 2.75) is 45.3 Å². The Morgan fingerprint density at radius 2 is 2.35 bits per heavy atom. The van der Waals surface area contributed by atoms with Crippen LogP contribution in [0.25, 0.3) is 0 Å². The highest BCUT2D eigenvalue weighted by atomic mass is 16.3. The molecule has 1 saturated carbocycles. The van der Waals surface area contributed by atoms with E-state index in [2.05, 4.69) is 15.3 Å². The van der Waals surface area contributed by atoms with Gasteiger partial charge in [0.1, 0.15) is 5.82 Å². The van der Waals surface area contributed by atoms with Gasteiger partial charge in [0, 0.05) is 12.7 Å². The average molecular weight is 235 g/mol. The molecule has 17 heavy (non-hydrogen) atoms. The molecule has 1 heterocycles. The molecule has 0 radical (unpaired) electrons. The number of aliphatic hydroxyl groups excluding tert-OH is 1. The van der Waals surface area contributed by atoms with Crippen LogP contribution in [0.5, 0.6) is 0 Å². The fourth-order valence-corrected chi connectivity index (χ4v) is 2.46. The molecular weight excluding hydrogens is 214 g/mol. The second kappa shape index (κ2) is 6.07. The van der Waals surface area contributed by atoms with Gasteiger partial charge in [-0.05, 0) is 44.7 Å². The summed E-state index contributed by atoms with van der Waals surface area (Å²) in [7, 11) is 0. The second-order valence-electron chi connectivity index (χ2n) is 4.91. The quantitative estimate of drug-likeness (QED) is 0.829. The molecule has 1 aliphatic rings. The number of aryl methyl sites for hydroxylation is 1. The Labute approximate surface area is 102 Å². The summed E-state index contributed by atoms with van der Waals surface area (Å²) < 4.78 is 0. The lowest BCUT2D eigenvalue weighted by molar-refractivity contribution is 0.101. The minimum Gasteiger partial charge on any atom is -0.393 e. The van der Waals surface area contributed by atoms with Crippen LogP contribution in [0.15, 0.2) is 12.3 Å². The van der Waals surface area contributed by atoms with E-state index in [1.807, 2.05) is 13.0 Å². The van der Waals surface area contributed by atoms with Gasteiger partial charge >= 0.3 is 0 Å². The summed E-state index contributed by atoms with van der Waals surface area (Å²) in [5.74, 6) is 1.43. The Bertz CT molecular complexity index is 356. The molecule has 4 nitrogen and oxygen atoms in total. The summed E-state index contributed by atoms with van der Waals surface area (Å²) in [6.45, 7) is 3.66. The zero-order valence-electron chi connectivity index (χ0n) is 10.4. The van der Waals surface area contributed by atoms with E-state index in [0.29, 0.717) is 5.92 Å². The summed E-state index contributed by atoms with van der Waals surface area (Å²) >= 11 is 0. The Kier molecular flexibility index (Phi) is 4.45. The van der Waals surface area contributed by atoms with Gasteiger partial charge in [-0.15, -0.1) is 0 Å². The van der Waals surface area contributed by atoms with E-state index in [-0.39, 0.29) is 6.10 Å². The Morgan fingerprint density at radius 3 is 3.12 bits per heavy atom. The molecule has 2 N–H and O–H groups in total. The van der Waals surface area contributed by atoms with E-state index >= 15 is 0 Å². The molecule has 2 rings (SSSR count). The van der Waals surface area contributed by atoms with E-state index in [0.717, 1.165) is 43.9 Å². The van der Waals surface area contributed by atoms with Gasteiger partial charge < -0.3 is 10.4 Å². The van der Waals surface area contributed by atoms with Crippen LogP contribution in [-0.2, 0) is 6.54 Å². The molecule has 0 bridgehead atoms. The van der Waals surface area contributed by atoms with Gasteiger partial charge in [0.25, 0.3) is 0 Å². The van der Waals surface area contributed by atoms with Crippen molar-refractivity contribution in [1.29, 1.82) is 0 Å². The van der Waals surface area contributed by atoms with E-state index in [1.165, 1.54) is 6.42 Å². The predicted octanol–water partition coefficient (Wildman–Crippen LogP) is 1.43. The van der Waals surface area contributed by atoms with E-state index < -0.39 is 0 Å². The van der Waals surface area contributed by atoms with Gasteiger partial charge in [-0.1, -0.05) is 6.42 Å². The van der Waals surface area contributed by atoms with Crippen molar-refractivity contribution in [1.82, 2.24) is 15.3 Å². The topological polar surface area (TPSA) is 58.0 Å². The molecule has 1 aliphatic carbocycles. The molecule has 0 spiro atoms. The Balaban J connectivity index is 1.72. The number of nitrogens with one attached hydrogen (secondary N) is 1. The van der Waals surface area contributed by atoms with Gasteiger partial charge in [-0.25, -0.2) is 9.97 Å². The first kappa shape index (κ1) is 12.5. The number of rotatable bonds is 4. The minimum absolute atomic E-state index is 0.0863. The molecule has 1 aromatic heterocycles. The van der Waals surface area contributed by atoms with Crippen LogP contribution in [0.2, 0.25) is 0 Å². The highest BCUT2D eigenvalue weighted by molar-refractivity contribution is 5.01. The lowest BCUT2D eigenvalue weighted by atomic mass is 9.87. The van der Waals surface area contributed by atoms with Crippen molar-refractivity contribution in [3.8, 4) is 0 Å². The minimum atomic E-state index is -0.0863. The molecule has 94 valence electrons. The zero-order chi connectivity index (χ0) is 12.1. The summed E-state index contributed by atoms with van der Waals surface area (Å²) in [6.07, 6.45) is 6.01. The van der Waals surface area contributed by atoms with Crippen molar-refractivity contribution in [2.24, 2.45) is 5.92 Å². The third-order valence-electron chi connectivity index (χ3n) is 3.33. The standard InChI is InChI=1S/C13H21N3O/c1-10-15-6-5-12(16-10)9-14-8-11-3-2-4-13(17)7-11/h5-6,11,13-14,17H,2-4,7-9H2,1H3. The van der Waals surface area contributed by atoms with Crippen LogP contribution in [-0.4, -0.2) is 27.7 Å². The SMILES string of the molecule is Cc1nccc(CNCC2CCCC(O)C2)n1. The molecule has 1 fully saturated rings. The number of nitrogens with zero attached hydrogens (tertiary/aromatic N) is 2. The van der Waals surface area contributed by atoms with Crippen LogP contribution in [0.1, 0.15) is 37.2 Å². The maximum absolute atomic E-state index is 9.58. The van der Waals surface area contributed by atoms with Crippen LogP contribution < -0.4 is 5.32 Å². The molecule has 0 saturated heterocycles. The Morgan fingerprint density at radius 1 is 1.47 bits per heavy atom. The zero-order valence-corrected chi connectivity index (χ0v) is 10.4. The Hall–Kier alpha value is -1.00. The molecule has 2 unspecified atom stereocenters. The van der Waals surface area contributed by atoms with Crippen molar-refractivity contribution in [3.63, 3.8) is 0 Å². The number of aromatic nitrogens is 2. The smallest absolute Gasteiger partial charge is 0.125 e. The first-order chi connectivity index (χ1) is 8.24. The van der Waals surface area contributed by atoms with E-state index in [9.17, 15) is 5.11 Å². The van der Waals surface area contributed by atoms with Crippen molar-refractivity contribution in [2.75, 3.05) is 6.54 Å². The van der Waals surface area contributed by atoms with Gasteiger partial charge in [0.05, 0.1) is 11.8 Å². The van der Waals surface area contributed by atoms with Crippen LogP contribution in [0, 0.1) is 12.8 Å². The van der Waals surface area contributed by atoms with Crippen LogP contribution >= 0.6 is 0 Å². The van der Waals surface area contributed by atoms with Crippen molar-refractivity contribution >= 4 is 0 Å². The van der Waals surface area contributed by atoms with E-state index in [4.69, 9.17) is 0 Å². The molecule has 2 atom stereocenters. The maximum Gasteiger partial charge on any atom is 0.125 e. The van der Waals surface area contributed by atoms with Crippen LogP contribution in [0.3, 0.4) is 0 Å². The lowest BCUT2D eigenvalue weighted by Crippen LogP contribution is -2.29. The highest BCUT2D eigenvalue weighted by Crippen LogP contribution is 2.23. The largest absolute Gasteiger partial charge is 0.393 e. The van der Waals surface area contributed by atoms with Crippen molar-refractivity contribution < 1.29 is 5.11 Å². The van der Waals surface area contributed by atoms with Crippen molar-refractivity contribution in [3.05, 3.63) is 23.8 Å². The van der Waals surface area contributed by atoms with Gasteiger partial charge in [0.2, 0.25) is 0 Å². The first-order valence-electron chi connectivity index (χ1n) is 6.41. The normalized spacial score (nSPS) is 24.8. The third-order valence-corrected chi connectivity index (χ3v) is 3.33. The monoisotopic (exact) mass is 235 g/mol. The molecule has 4 heteroatoms. The highest BCUT2D eigenvalue weighted by Gasteiger charge is 2.19. The average Bonchev–Trinajstić information content (AvgIpc) is 2.29. The lowest BCUT2D eigenvalue weighted by Gasteiger charge is -2.25. The summed E-state index contributed by atoms with van der Waals surface area (Å²) in [4.78, 5) is 8.42. The number of aliphatic hydroxyl groups is 1. The van der Waals surface area contributed by atoms with Gasteiger partial charge in [-0.2, -0.15) is 0 Å². The summed E-state index contributed by atoms with van der Waals surface area (Å²) in [5.41, 5.74) is 1.04. The molecule has 1 aromatic rings.